The van der Waals surface area contributed by atoms with Crippen molar-refractivity contribution in [2.45, 2.75) is 4.90 Å². The van der Waals surface area contributed by atoms with Crippen molar-refractivity contribution in [3.8, 4) is 28.4 Å². The highest BCUT2D eigenvalue weighted by Crippen LogP contribution is 2.41. The Hall–Kier alpha value is -3.76. The number of anilines is 2. The number of nitrogens with two attached hydrogens (primary N) is 1. The minimum Gasteiger partial charge on any atom is -0.493 e. The maximum Gasteiger partial charge on any atom is 0.238 e. The van der Waals surface area contributed by atoms with Gasteiger partial charge in [0.05, 0.1) is 37.9 Å². The van der Waals surface area contributed by atoms with Crippen molar-refractivity contribution in [3.05, 3.63) is 54.9 Å². The van der Waals surface area contributed by atoms with E-state index in [0.29, 0.717) is 17.2 Å². The van der Waals surface area contributed by atoms with E-state index in [4.69, 9.17) is 19.3 Å². The molecule has 0 spiro atoms. The third-order valence-electron chi connectivity index (χ3n) is 4.98. The Bertz CT molecular complexity index is 1360. The summed E-state index contributed by atoms with van der Waals surface area (Å²) in [6, 6.07) is 11.9. The van der Waals surface area contributed by atoms with E-state index in [1.54, 1.807) is 58.0 Å². The van der Waals surface area contributed by atoms with Gasteiger partial charge in [-0.05, 0) is 23.8 Å². The third kappa shape index (κ3) is 4.05. The van der Waals surface area contributed by atoms with Crippen LogP contribution < -0.4 is 24.7 Å². The molecule has 0 saturated carbocycles. The first-order chi connectivity index (χ1) is 15.3. The van der Waals surface area contributed by atoms with Gasteiger partial charge in [-0.1, -0.05) is 12.1 Å². The van der Waals surface area contributed by atoms with Crippen molar-refractivity contribution in [2.75, 3.05) is 26.6 Å². The number of fused-ring (bicyclic) bond motifs is 1. The smallest absolute Gasteiger partial charge is 0.238 e. The van der Waals surface area contributed by atoms with E-state index in [0.717, 1.165) is 33.5 Å². The quantitative estimate of drug-likeness (QED) is 0.389. The van der Waals surface area contributed by atoms with E-state index >= 15 is 0 Å². The molecule has 4 aromatic rings. The Labute approximate surface area is 185 Å². The molecular weight excluding hydrogens is 432 g/mol. The van der Waals surface area contributed by atoms with Gasteiger partial charge in [0.25, 0.3) is 0 Å². The summed E-state index contributed by atoms with van der Waals surface area (Å²) in [5.41, 5.74) is 3.21. The minimum atomic E-state index is -3.75. The number of benzene rings is 2. The molecule has 0 aliphatic rings. The van der Waals surface area contributed by atoms with Gasteiger partial charge in [-0.25, -0.2) is 13.6 Å². The van der Waals surface area contributed by atoms with Crippen LogP contribution in [-0.2, 0) is 10.0 Å². The van der Waals surface area contributed by atoms with Crippen molar-refractivity contribution in [3.63, 3.8) is 0 Å². The lowest BCUT2D eigenvalue weighted by Gasteiger charge is -2.14. The van der Waals surface area contributed by atoms with E-state index in [2.05, 4.69) is 15.3 Å². The molecule has 2 aromatic carbocycles. The number of H-pyrrole nitrogens is 1. The summed E-state index contributed by atoms with van der Waals surface area (Å²) in [5, 5.41) is 9.42. The lowest BCUT2D eigenvalue weighted by atomic mass is 10.0. The highest BCUT2D eigenvalue weighted by atomic mass is 32.2. The monoisotopic (exact) mass is 454 g/mol. The van der Waals surface area contributed by atoms with Crippen LogP contribution >= 0.6 is 0 Å². The van der Waals surface area contributed by atoms with E-state index in [9.17, 15) is 8.42 Å². The molecule has 0 unspecified atom stereocenters. The molecule has 4 rings (SSSR count). The van der Waals surface area contributed by atoms with Crippen LogP contribution in [-0.4, -0.2) is 39.7 Å². The first-order valence-corrected chi connectivity index (χ1v) is 11.1. The number of nitrogens with one attached hydrogen (secondary N) is 2. The average Bonchev–Trinajstić information content (AvgIpc) is 3.20. The zero-order valence-corrected chi connectivity index (χ0v) is 18.5. The summed E-state index contributed by atoms with van der Waals surface area (Å²) in [6.07, 6.45) is 3.45. The molecule has 4 N–H and O–H groups in total. The minimum absolute atomic E-state index is 0.0557. The molecule has 0 aliphatic carbocycles. The molecule has 2 heterocycles. The van der Waals surface area contributed by atoms with Crippen molar-refractivity contribution in [1.29, 1.82) is 0 Å². The van der Waals surface area contributed by atoms with Gasteiger partial charge in [0, 0.05) is 35.0 Å². The number of aromatic amines is 1. The fraction of sp³-hybridized carbons (Fsp3) is 0.136. The third-order valence-corrected chi connectivity index (χ3v) is 5.91. The molecule has 0 radical (unpaired) electrons. The zero-order valence-electron chi connectivity index (χ0n) is 17.7. The molecular formula is C22H22N4O5S. The Morgan fingerprint density at radius 1 is 0.938 bits per heavy atom. The molecule has 166 valence electrons. The Morgan fingerprint density at radius 2 is 1.59 bits per heavy atom. The van der Waals surface area contributed by atoms with E-state index < -0.39 is 10.0 Å². The van der Waals surface area contributed by atoms with E-state index in [1.165, 1.54) is 12.1 Å². The highest BCUT2D eigenvalue weighted by Gasteiger charge is 2.15. The fourth-order valence-corrected chi connectivity index (χ4v) is 4.00. The maximum atomic E-state index is 11.5. The maximum absolute atomic E-state index is 11.5. The molecule has 10 heteroatoms. The molecule has 0 fully saturated rings. The SMILES string of the molecule is COc1cc(Nc2cc3c(-c4ccc(S(N)(=O)=O)cc4)cncc3[nH]2)cc(OC)c1OC. The number of sulfonamides is 1. The predicted octanol–water partition coefficient (Wildman–Crippen LogP) is 3.65. The van der Waals surface area contributed by atoms with Gasteiger partial charge >= 0.3 is 0 Å². The van der Waals surface area contributed by atoms with Gasteiger partial charge in [0.2, 0.25) is 15.8 Å². The van der Waals surface area contributed by atoms with Crippen molar-refractivity contribution in [2.24, 2.45) is 5.14 Å². The summed E-state index contributed by atoms with van der Waals surface area (Å²) in [7, 11) is 0.916. The summed E-state index contributed by atoms with van der Waals surface area (Å²) in [5.74, 6) is 2.29. The normalized spacial score (nSPS) is 11.4. The number of pyridine rings is 1. The molecule has 32 heavy (non-hydrogen) atoms. The number of rotatable bonds is 7. The van der Waals surface area contributed by atoms with Crippen LogP contribution in [0, 0.1) is 0 Å². The van der Waals surface area contributed by atoms with Gasteiger partial charge in [0.1, 0.15) is 5.82 Å². The van der Waals surface area contributed by atoms with Crippen molar-refractivity contribution < 1.29 is 22.6 Å². The van der Waals surface area contributed by atoms with Crippen LogP contribution in [0.15, 0.2) is 59.8 Å². The topological polar surface area (TPSA) is 129 Å². The zero-order chi connectivity index (χ0) is 22.9. The lowest BCUT2D eigenvalue weighted by Crippen LogP contribution is -2.11. The van der Waals surface area contributed by atoms with Crippen LogP contribution in [0.4, 0.5) is 11.5 Å². The summed E-state index contributed by atoms with van der Waals surface area (Å²) < 4.78 is 39.2. The van der Waals surface area contributed by atoms with Crippen LogP contribution in [0.1, 0.15) is 0 Å². The highest BCUT2D eigenvalue weighted by molar-refractivity contribution is 7.89. The van der Waals surface area contributed by atoms with Gasteiger partial charge in [-0.3, -0.25) is 4.98 Å². The Balaban J connectivity index is 1.71. The number of ether oxygens (including phenoxy) is 3. The molecule has 0 atom stereocenters. The average molecular weight is 455 g/mol. The van der Waals surface area contributed by atoms with Crippen LogP contribution in [0.2, 0.25) is 0 Å². The second kappa shape index (κ2) is 8.40. The summed E-state index contributed by atoms with van der Waals surface area (Å²) >= 11 is 0. The second-order valence-electron chi connectivity index (χ2n) is 6.94. The van der Waals surface area contributed by atoms with E-state index in [1.807, 2.05) is 6.07 Å². The van der Waals surface area contributed by atoms with Gasteiger partial charge in [0.15, 0.2) is 11.5 Å². The Kier molecular flexibility index (Phi) is 5.64. The molecule has 0 amide bonds. The standard InChI is InChI=1S/C22H22N4O5S/c1-29-19-8-14(9-20(30-2)22(19)31-3)25-21-10-16-17(11-24-12-18(16)26-21)13-4-6-15(7-5-13)32(23,27)28/h4-12,25-26H,1-3H3,(H2,23,27,28). The molecule has 2 aromatic heterocycles. The number of primary sulfonamides is 1. The number of aromatic nitrogens is 2. The van der Waals surface area contributed by atoms with Crippen molar-refractivity contribution >= 4 is 32.4 Å². The summed E-state index contributed by atoms with van der Waals surface area (Å²) in [6.45, 7) is 0. The number of hydrogen-bond donors (Lipinski definition) is 3. The number of nitrogens with zero attached hydrogens (tertiary/aromatic N) is 1. The Morgan fingerprint density at radius 3 is 2.16 bits per heavy atom. The first kappa shape index (κ1) is 21.5. The second-order valence-corrected chi connectivity index (χ2v) is 8.50. The van der Waals surface area contributed by atoms with Gasteiger partial charge < -0.3 is 24.5 Å². The lowest BCUT2D eigenvalue weighted by molar-refractivity contribution is 0.324. The van der Waals surface area contributed by atoms with E-state index in [-0.39, 0.29) is 4.90 Å². The van der Waals surface area contributed by atoms with Crippen molar-refractivity contribution in [1.82, 2.24) is 9.97 Å². The molecule has 9 nitrogen and oxygen atoms in total. The van der Waals surface area contributed by atoms with Crippen LogP contribution in [0.5, 0.6) is 17.2 Å². The van der Waals surface area contributed by atoms with Gasteiger partial charge in [-0.2, -0.15) is 0 Å². The number of hydrogen-bond acceptors (Lipinski definition) is 7. The number of methoxy groups -OCH3 is 3. The van der Waals surface area contributed by atoms with Crippen LogP contribution in [0.25, 0.3) is 22.0 Å². The molecule has 0 aliphatic heterocycles. The van der Waals surface area contributed by atoms with Crippen LogP contribution in [0.3, 0.4) is 0 Å². The fourth-order valence-electron chi connectivity index (χ4n) is 3.48. The molecule has 0 bridgehead atoms. The van der Waals surface area contributed by atoms with Gasteiger partial charge in [-0.15, -0.1) is 0 Å². The summed E-state index contributed by atoms with van der Waals surface area (Å²) in [4.78, 5) is 7.65. The first-order valence-electron chi connectivity index (χ1n) is 9.51. The predicted molar refractivity (Wildman–Crippen MR) is 122 cm³/mol. The largest absolute Gasteiger partial charge is 0.493 e. The molecule has 0 saturated heterocycles.